The van der Waals surface area contributed by atoms with Crippen LogP contribution >= 0.6 is 11.6 Å². The predicted molar refractivity (Wildman–Crippen MR) is 123 cm³/mol. The number of nitrogens with zero attached hydrogens (tertiary/aromatic N) is 1. The molecule has 1 saturated heterocycles. The van der Waals surface area contributed by atoms with Crippen molar-refractivity contribution in [1.82, 2.24) is 10.2 Å². The van der Waals surface area contributed by atoms with E-state index in [2.05, 4.69) is 30.1 Å². The zero-order valence-corrected chi connectivity index (χ0v) is 19.2. The molecule has 31 heavy (non-hydrogen) atoms. The van der Waals surface area contributed by atoms with Gasteiger partial charge in [-0.15, -0.1) is 0 Å². The van der Waals surface area contributed by atoms with E-state index in [9.17, 15) is 4.79 Å². The summed E-state index contributed by atoms with van der Waals surface area (Å²) in [5, 5.41) is 4.08. The highest BCUT2D eigenvalue weighted by atomic mass is 35.5. The molecule has 2 aromatic carbocycles. The molecule has 4 rings (SSSR count). The summed E-state index contributed by atoms with van der Waals surface area (Å²) in [5.41, 5.74) is 1.89. The average Bonchev–Trinajstić information content (AvgIpc) is 2.73. The van der Waals surface area contributed by atoms with Gasteiger partial charge in [0.1, 0.15) is 17.1 Å². The van der Waals surface area contributed by atoms with Gasteiger partial charge in [0.2, 0.25) is 5.91 Å². The minimum Gasteiger partial charge on any atom is -0.497 e. The lowest BCUT2D eigenvalue weighted by Gasteiger charge is -2.39. The third kappa shape index (κ3) is 5.34. The highest BCUT2D eigenvalue weighted by Gasteiger charge is 2.36. The van der Waals surface area contributed by atoms with E-state index in [1.807, 2.05) is 36.4 Å². The summed E-state index contributed by atoms with van der Waals surface area (Å²) >= 11 is 6.11. The van der Waals surface area contributed by atoms with E-state index in [0.717, 1.165) is 61.0 Å². The lowest BCUT2D eigenvalue weighted by Crippen LogP contribution is -2.45. The zero-order chi connectivity index (χ0) is 22.0. The van der Waals surface area contributed by atoms with Crippen LogP contribution in [0.5, 0.6) is 11.5 Å². The van der Waals surface area contributed by atoms with Gasteiger partial charge in [0.05, 0.1) is 13.2 Å². The van der Waals surface area contributed by atoms with E-state index in [-0.39, 0.29) is 23.5 Å². The molecule has 166 valence electrons. The van der Waals surface area contributed by atoms with Crippen molar-refractivity contribution in [2.45, 2.75) is 51.3 Å². The predicted octanol–water partition coefficient (Wildman–Crippen LogP) is 4.98. The Balaban J connectivity index is 1.37. The minimum atomic E-state index is -0.350. The highest BCUT2D eigenvalue weighted by molar-refractivity contribution is 6.30. The first-order valence-electron chi connectivity index (χ1n) is 11.0. The fourth-order valence-electron chi connectivity index (χ4n) is 4.62. The number of methoxy groups -OCH3 is 1. The Hall–Kier alpha value is -2.24. The summed E-state index contributed by atoms with van der Waals surface area (Å²) in [6.07, 6.45) is 2.48. The van der Waals surface area contributed by atoms with Crippen molar-refractivity contribution >= 4 is 17.5 Å². The Bertz CT molecular complexity index is 938. The second-order valence-electron chi connectivity index (χ2n) is 9.21. The van der Waals surface area contributed by atoms with Crippen molar-refractivity contribution in [3.63, 3.8) is 0 Å². The van der Waals surface area contributed by atoms with Crippen molar-refractivity contribution in [2.75, 3.05) is 20.2 Å². The fourth-order valence-corrected chi connectivity index (χ4v) is 4.84. The molecule has 1 atom stereocenters. The number of hydrogen-bond acceptors (Lipinski definition) is 4. The molecular formula is C25H31ClN2O3. The Morgan fingerprint density at radius 1 is 1.23 bits per heavy atom. The molecule has 0 aliphatic carbocycles. The number of piperidine rings is 1. The van der Waals surface area contributed by atoms with Crippen LogP contribution < -0.4 is 14.8 Å². The van der Waals surface area contributed by atoms with Crippen molar-refractivity contribution in [1.29, 1.82) is 0 Å². The van der Waals surface area contributed by atoms with E-state index in [0.29, 0.717) is 0 Å². The van der Waals surface area contributed by atoms with E-state index in [1.165, 1.54) is 5.56 Å². The number of nitrogens with one attached hydrogen (secondary N) is 1. The molecule has 2 heterocycles. The van der Waals surface area contributed by atoms with E-state index in [1.54, 1.807) is 7.11 Å². The molecule has 1 amide bonds. The Morgan fingerprint density at radius 2 is 2.00 bits per heavy atom. The Kier molecular flexibility index (Phi) is 6.44. The number of fused-ring (bicyclic) bond motifs is 1. The van der Waals surface area contributed by atoms with Crippen molar-refractivity contribution in [2.24, 2.45) is 5.92 Å². The van der Waals surface area contributed by atoms with Gasteiger partial charge in [-0.1, -0.05) is 23.7 Å². The lowest BCUT2D eigenvalue weighted by atomic mass is 9.88. The van der Waals surface area contributed by atoms with Crippen molar-refractivity contribution in [3.8, 4) is 11.5 Å². The molecule has 0 aromatic heterocycles. The number of likely N-dealkylation sites (tertiary alicyclic amines) is 1. The summed E-state index contributed by atoms with van der Waals surface area (Å²) in [5.74, 6) is 1.74. The molecule has 5 nitrogen and oxygen atoms in total. The molecule has 0 spiro atoms. The van der Waals surface area contributed by atoms with E-state index >= 15 is 0 Å². The van der Waals surface area contributed by atoms with Crippen LogP contribution in [-0.2, 0) is 11.3 Å². The molecule has 0 bridgehead atoms. The topological polar surface area (TPSA) is 50.8 Å². The van der Waals surface area contributed by atoms with Crippen LogP contribution in [0.3, 0.4) is 0 Å². The smallest absolute Gasteiger partial charge is 0.223 e. The summed E-state index contributed by atoms with van der Waals surface area (Å²) in [6.45, 7) is 6.82. The maximum absolute atomic E-state index is 13.1. The molecular weight excluding hydrogens is 412 g/mol. The first-order chi connectivity index (χ1) is 14.8. The van der Waals surface area contributed by atoms with Gasteiger partial charge in [-0.05, 0) is 69.6 Å². The van der Waals surface area contributed by atoms with Crippen LogP contribution in [0.1, 0.15) is 50.3 Å². The Labute approximate surface area is 189 Å². The van der Waals surface area contributed by atoms with Gasteiger partial charge in [0.15, 0.2) is 0 Å². The largest absolute Gasteiger partial charge is 0.497 e. The van der Waals surface area contributed by atoms with Gasteiger partial charge in [-0.25, -0.2) is 0 Å². The standard InChI is InChI=1S/C25H31ClN2O3/c1-25(2)15-22(21-8-7-20(30-3)14-23(21)31-25)27-24(29)18-9-11-28(12-10-18)16-17-5-4-6-19(26)13-17/h4-8,13-14,18,22H,9-12,15-16H2,1-3H3,(H,27,29)/t22-/m0/s1. The number of rotatable bonds is 5. The summed E-state index contributed by atoms with van der Waals surface area (Å²) in [4.78, 5) is 15.5. The van der Waals surface area contributed by atoms with Gasteiger partial charge >= 0.3 is 0 Å². The number of carbonyl (C=O) groups is 1. The summed E-state index contributed by atoms with van der Waals surface area (Å²) < 4.78 is 11.5. The van der Waals surface area contributed by atoms with Crippen LogP contribution in [0.2, 0.25) is 5.02 Å². The van der Waals surface area contributed by atoms with Crippen LogP contribution in [0.25, 0.3) is 0 Å². The molecule has 2 aromatic rings. The summed E-state index contributed by atoms with van der Waals surface area (Å²) in [6, 6.07) is 13.8. The van der Waals surface area contributed by atoms with Gasteiger partial charge in [0.25, 0.3) is 0 Å². The van der Waals surface area contributed by atoms with Gasteiger partial charge in [0, 0.05) is 35.5 Å². The highest BCUT2D eigenvalue weighted by Crippen LogP contribution is 2.41. The fraction of sp³-hybridized carbons (Fsp3) is 0.480. The molecule has 0 radical (unpaired) electrons. The third-order valence-electron chi connectivity index (χ3n) is 6.25. The van der Waals surface area contributed by atoms with Crippen molar-refractivity contribution in [3.05, 3.63) is 58.6 Å². The van der Waals surface area contributed by atoms with Crippen LogP contribution in [0, 0.1) is 5.92 Å². The summed E-state index contributed by atoms with van der Waals surface area (Å²) in [7, 11) is 1.65. The molecule has 6 heteroatoms. The minimum absolute atomic E-state index is 0.0447. The first-order valence-corrected chi connectivity index (χ1v) is 11.3. The zero-order valence-electron chi connectivity index (χ0n) is 18.5. The SMILES string of the molecule is COc1ccc2c(c1)OC(C)(C)C[C@@H]2NC(=O)C1CCN(Cc2cccc(Cl)c2)CC1. The van der Waals surface area contributed by atoms with E-state index < -0.39 is 0 Å². The van der Waals surface area contributed by atoms with Crippen molar-refractivity contribution < 1.29 is 14.3 Å². The number of benzene rings is 2. The molecule has 0 saturated carbocycles. The van der Waals surface area contributed by atoms with Gasteiger partial charge in [-0.3, -0.25) is 9.69 Å². The normalized spacial score (nSPS) is 21.1. The number of halogens is 1. The molecule has 0 unspecified atom stereocenters. The second kappa shape index (κ2) is 9.09. The van der Waals surface area contributed by atoms with Crippen LogP contribution in [0.4, 0.5) is 0 Å². The average molecular weight is 443 g/mol. The number of amides is 1. The molecule has 2 aliphatic heterocycles. The molecule has 2 aliphatic rings. The van der Waals surface area contributed by atoms with Gasteiger partial charge < -0.3 is 14.8 Å². The maximum Gasteiger partial charge on any atom is 0.223 e. The number of ether oxygens (including phenoxy) is 2. The lowest BCUT2D eigenvalue weighted by molar-refractivity contribution is -0.127. The molecule has 1 N–H and O–H groups in total. The third-order valence-corrected chi connectivity index (χ3v) is 6.48. The number of hydrogen-bond donors (Lipinski definition) is 1. The molecule has 1 fully saturated rings. The first kappa shape index (κ1) is 22.0. The van der Waals surface area contributed by atoms with Gasteiger partial charge in [-0.2, -0.15) is 0 Å². The number of carbonyl (C=O) groups excluding carboxylic acids is 1. The van der Waals surface area contributed by atoms with E-state index in [4.69, 9.17) is 21.1 Å². The maximum atomic E-state index is 13.1. The second-order valence-corrected chi connectivity index (χ2v) is 9.65. The van der Waals surface area contributed by atoms with Crippen LogP contribution in [-0.4, -0.2) is 36.6 Å². The quantitative estimate of drug-likeness (QED) is 0.709. The Morgan fingerprint density at radius 3 is 2.71 bits per heavy atom. The van der Waals surface area contributed by atoms with Crippen LogP contribution in [0.15, 0.2) is 42.5 Å². The monoisotopic (exact) mass is 442 g/mol.